The average Bonchev–Trinajstić information content (AvgIpc) is 2.70. The van der Waals surface area contributed by atoms with Crippen molar-refractivity contribution in [1.29, 1.82) is 0 Å². The van der Waals surface area contributed by atoms with E-state index in [1.54, 1.807) is 41.5 Å². The Morgan fingerprint density at radius 2 is 0.793 bits per heavy atom. The summed E-state index contributed by atoms with van der Waals surface area (Å²) in [7, 11) is -8.71. The predicted octanol–water partition coefficient (Wildman–Crippen LogP) is 3.61. The molecule has 168 valence electrons. The summed E-state index contributed by atoms with van der Waals surface area (Å²) in [4.78, 5) is 31.2. The summed E-state index contributed by atoms with van der Waals surface area (Å²) in [6, 6.07) is 10.3. The molecule has 0 spiro atoms. The summed E-state index contributed by atoms with van der Waals surface area (Å²) in [5.74, 6) is 0. The molecule has 0 atom stereocenters. The first-order valence-corrected chi connectivity index (χ1v) is 15.6. The number of rotatable bonds is 6. The van der Waals surface area contributed by atoms with Gasteiger partial charge in [-0.25, -0.2) is 0 Å². The first-order valence-electron chi connectivity index (χ1n) is 9.65. The maximum Gasteiger partial charge on any atom is 3.00 e. The quantitative estimate of drug-likeness (QED) is 0.451. The van der Waals surface area contributed by atoms with Crippen molar-refractivity contribution >= 4 is 39.5 Å². The third kappa shape index (κ3) is 28.3. The normalized spacial score (nSPS) is 10.7. The van der Waals surface area contributed by atoms with Crippen molar-refractivity contribution in [3.8, 4) is 0 Å². The molecule has 0 bridgehead atoms. The summed E-state index contributed by atoms with van der Waals surface area (Å²) >= 11 is 0. The van der Waals surface area contributed by atoms with Gasteiger partial charge >= 0.3 is 17.4 Å². The third-order valence-electron chi connectivity index (χ3n) is 3.83. The summed E-state index contributed by atoms with van der Waals surface area (Å²) < 4.78 is 31.2. The largest absolute Gasteiger partial charge is 3.00 e. The molecule has 0 aliphatic carbocycles. The minimum absolute atomic E-state index is 0. The Morgan fingerprint density at radius 3 is 0.862 bits per heavy atom. The van der Waals surface area contributed by atoms with Crippen molar-refractivity contribution in [2.45, 2.75) is 48.5 Å². The molecule has 0 unspecified atom stereocenters. The summed E-state index contributed by atoms with van der Waals surface area (Å²) in [5.41, 5.74) is 1.32. The molecule has 0 saturated heterocycles. The van der Waals surface area contributed by atoms with Crippen LogP contribution in [-0.2, 0) is 13.7 Å². The molecule has 1 rings (SSSR count). The van der Waals surface area contributed by atoms with E-state index in [4.69, 9.17) is 0 Å². The fraction of sp³-hybridized carbons (Fsp3) is 0.684. The van der Waals surface area contributed by atoms with Crippen molar-refractivity contribution < 1.29 is 28.4 Å². The van der Waals surface area contributed by atoms with Gasteiger partial charge in [0.2, 0.25) is 0 Å². The topological polar surface area (TPSA) is 120 Å². The monoisotopic (exact) mass is 482 g/mol. The summed E-state index contributed by atoms with van der Waals surface area (Å²) in [6.45, 7) is 12.1. The molecule has 0 saturated carbocycles. The van der Waals surface area contributed by atoms with E-state index in [0.29, 0.717) is 37.0 Å². The van der Waals surface area contributed by atoms with Gasteiger partial charge in [0.15, 0.2) is 0 Å². The molecule has 6 nitrogen and oxygen atoms in total. The minimum atomic E-state index is -2.90. The fourth-order valence-corrected chi connectivity index (χ4v) is 2.55. The van der Waals surface area contributed by atoms with Crippen LogP contribution in [0.15, 0.2) is 30.3 Å². The smallest absolute Gasteiger partial charge is 0.799 e. The second kappa shape index (κ2) is 20.2. The Kier molecular flexibility index (Phi) is 25.6. The van der Waals surface area contributed by atoms with Crippen LogP contribution < -0.4 is 14.7 Å². The Hall–Kier alpha value is 0.322. The van der Waals surface area contributed by atoms with E-state index in [0.717, 1.165) is 0 Å². The molecular formula is C19H38AlO6P3. The van der Waals surface area contributed by atoms with Crippen molar-refractivity contribution in [1.82, 2.24) is 0 Å². The van der Waals surface area contributed by atoms with Crippen LogP contribution in [0.2, 0.25) is 0 Å². The van der Waals surface area contributed by atoms with Gasteiger partial charge < -0.3 is 28.4 Å². The molecule has 29 heavy (non-hydrogen) atoms. The number of aryl methyl sites for hydroxylation is 1. The van der Waals surface area contributed by atoms with Gasteiger partial charge in [-0.15, -0.1) is 0 Å². The molecule has 0 fully saturated rings. The van der Waals surface area contributed by atoms with Crippen molar-refractivity contribution in [3.05, 3.63) is 35.9 Å². The average molecular weight is 482 g/mol. The maximum absolute atomic E-state index is 10.4. The van der Waals surface area contributed by atoms with Gasteiger partial charge in [-0.1, -0.05) is 77.4 Å². The van der Waals surface area contributed by atoms with E-state index < -0.39 is 22.1 Å². The van der Waals surface area contributed by atoms with Gasteiger partial charge in [0.05, 0.1) is 0 Å². The van der Waals surface area contributed by atoms with E-state index in [9.17, 15) is 28.4 Å². The van der Waals surface area contributed by atoms with Crippen LogP contribution in [0.5, 0.6) is 0 Å². The van der Waals surface area contributed by atoms with Crippen LogP contribution in [0.3, 0.4) is 0 Å². The minimum Gasteiger partial charge on any atom is -0.799 e. The van der Waals surface area contributed by atoms with Gasteiger partial charge in [-0.2, -0.15) is 0 Å². The zero-order valence-electron chi connectivity index (χ0n) is 19.0. The summed E-state index contributed by atoms with van der Waals surface area (Å²) in [5, 5.41) is 0. The maximum atomic E-state index is 10.4. The van der Waals surface area contributed by atoms with Gasteiger partial charge in [0.1, 0.15) is 0 Å². The van der Waals surface area contributed by atoms with E-state index in [1.807, 2.05) is 18.2 Å². The Morgan fingerprint density at radius 1 is 0.586 bits per heavy atom. The molecule has 0 aliphatic rings. The molecule has 0 N–H and O–H groups in total. The zero-order chi connectivity index (χ0) is 22.9. The van der Waals surface area contributed by atoms with Crippen LogP contribution >= 0.6 is 22.1 Å². The van der Waals surface area contributed by atoms with Crippen LogP contribution in [0.25, 0.3) is 0 Å². The number of hydrogen-bond donors (Lipinski definition) is 0. The molecule has 0 aromatic heterocycles. The van der Waals surface area contributed by atoms with E-state index >= 15 is 0 Å². The van der Waals surface area contributed by atoms with Crippen LogP contribution in [0, 0.1) is 6.92 Å². The standard InChI is InChI=1S/C7H8.3C4H11O2P.Al/c1-7-5-3-2-4-6-7;3*1-3-7(5,6)4-2;/h2-6H,1H3;3*3-4H2,1-2H3,(H,5,6);/q;;;;+3/p-3. The Bertz CT molecular complexity index is 545. The third-order valence-corrected chi connectivity index (χ3v) is 9.61. The second-order valence-electron chi connectivity index (χ2n) is 6.00. The molecule has 0 amide bonds. The summed E-state index contributed by atoms with van der Waals surface area (Å²) in [6.07, 6.45) is 1.77. The molecule has 0 radical (unpaired) electrons. The van der Waals surface area contributed by atoms with Gasteiger partial charge in [0.25, 0.3) is 0 Å². The van der Waals surface area contributed by atoms with Gasteiger partial charge in [-0.05, 0) is 43.9 Å². The SMILES string of the molecule is CCP(=O)([O-])CC.CCP(=O)([O-])CC.CCP(=O)([O-])CC.Cc1ccccc1.[Al+3]. The predicted molar refractivity (Wildman–Crippen MR) is 123 cm³/mol. The molecule has 1 aromatic carbocycles. The van der Waals surface area contributed by atoms with E-state index in [1.165, 1.54) is 5.56 Å². The number of hydrogen-bond acceptors (Lipinski definition) is 6. The van der Waals surface area contributed by atoms with Crippen molar-refractivity contribution in [2.24, 2.45) is 0 Å². The van der Waals surface area contributed by atoms with Gasteiger partial charge in [-0.3, -0.25) is 0 Å². The van der Waals surface area contributed by atoms with Crippen LogP contribution in [0.4, 0.5) is 0 Å². The molecule has 10 heteroatoms. The van der Waals surface area contributed by atoms with Crippen LogP contribution in [0.1, 0.15) is 47.1 Å². The van der Waals surface area contributed by atoms with E-state index in [2.05, 4.69) is 19.1 Å². The Balaban J connectivity index is -0.000000142. The Labute approximate surface area is 189 Å². The van der Waals surface area contributed by atoms with Crippen molar-refractivity contribution in [3.63, 3.8) is 0 Å². The molecule has 0 aliphatic heterocycles. The first kappa shape index (κ1) is 36.7. The van der Waals surface area contributed by atoms with Gasteiger partial charge in [0, 0.05) is 22.1 Å². The van der Waals surface area contributed by atoms with Crippen LogP contribution in [-0.4, -0.2) is 54.3 Å². The first-order chi connectivity index (χ1) is 12.8. The zero-order valence-corrected chi connectivity index (χ0v) is 22.8. The molecule has 1 aromatic rings. The fourth-order valence-electron chi connectivity index (χ4n) is 1.21. The molecule has 0 heterocycles. The van der Waals surface area contributed by atoms with E-state index in [-0.39, 0.29) is 17.4 Å². The molecular weight excluding hydrogens is 444 g/mol. The van der Waals surface area contributed by atoms with Crippen molar-refractivity contribution in [2.75, 3.05) is 37.0 Å². The number of benzene rings is 1. The second-order valence-corrected chi connectivity index (χ2v) is 14.7.